The second-order valence-corrected chi connectivity index (χ2v) is 13.2. The number of carbonyl (C=O) groups is 1. The maximum absolute atomic E-state index is 12.9. The maximum atomic E-state index is 12.9. The number of rotatable bonds is 30. The van der Waals surface area contributed by atoms with Crippen LogP contribution in [0.25, 0.3) is 43.8 Å². The highest BCUT2D eigenvalue weighted by Gasteiger charge is 2.25. The molecular weight excluding hydrogens is 758 g/mol. The van der Waals surface area contributed by atoms with Crippen LogP contribution in [0.15, 0.2) is 34.1 Å². The van der Waals surface area contributed by atoms with E-state index in [2.05, 4.69) is 25.0 Å². The number of oxazole rings is 1. The molecule has 1 aliphatic heterocycles. The molecule has 4 aromatic rings. The van der Waals surface area contributed by atoms with Gasteiger partial charge in [0.05, 0.1) is 118 Å². The van der Waals surface area contributed by atoms with Gasteiger partial charge in [-0.3, -0.25) is 4.79 Å². The van der Waals surface area contributed by atoms with Crippen molar-refractivity contribution in [3.63, 3.8) is 0 Å². The van der Waals surface area contributed by atoms with Crippen molar-refractivity contribution in [3.8, 4) is 11.3 Å². The number of ether oxygens (including phenoxy) is 8. The predicted octanol–water partition coefficient (Wildman–Crippen LogP) is 2.87. The molecule has 0 aliphatic carbocycles. The fraction of sp³-hybridized carbons (Fsp3) is 0.649. The van der Waals surface area contributed by atoms with Crippen LogP contribution in [0.4, 0.5) is 11.8 Å². The van der Waals surface area contributed by atoms with Crippen LogP contribution in [0, 0.1) is 5.92 Å². The van der Waals surface area contributed by atoms with Crippen molar-refractivity contribution in [2.24, 2.45) is 11.0 Å². The lowest BCUT2D eigenvalue weighted by molar-refractivity contribution is -0.134. The minimum atomic E-state index is 0.0877. The minimum Gasteiger partial charge on any atom is -0.424 e. The molecule has 318 valence electrons. The molecule has 1 fully saturated rings. The summed E-state index contributed by atoms with van der Waals surface area (Å²) in [4.78, 5) is 30.4. The van der Waals surface area contributed by atoms with Crippen LogP contribution in [0.2, 0.25) is 0 Å². The van der Waals surface area contributed by atoms with Crippen molar-refractivity contribution in [2.45, 2.75) is 25.8 Å². The third-order valence-corrected chi connectivity index (χ3v) is 9.10. The third-order valence-electron chi connectivity index (χ3n) is 9.10. The van der Waals surface area contributed by atoms with E-state index in [0.29, 0.717) is 178 Å². The van der Waals surface area contributed by atoms with Gasteiger partial charge in [0, 0.05) is 36.7 Å². The van der Waals surface area contributed by atoms with Crippen molar-refractivity contribution in [1.29, 1.82) is 0 Å². The molecular formula is C37H55N11O10. The van der Waals surface area contributed by atoms with Crippen LogP contribution in [0.1, 0.15) is 19.3 Å². The van der Waals surface area contributed by atoms with Crippen LogP contribution in [-0.2, 0) is 49.2 Å². The number of fused-ring (bicyclic) bond motifs is 2. The molecule has 4 heterocycles. The number of anilines is 2. The van der Waals surface area contributed by atoms with Crippen molar-refractivity contribution < 1.29 is 47.1 Å². The Morgan fingerprint density at radius 2 is 1.34 bits per heavy atom. The number of amides is 1. The van der Waals surface area contributed by atoms with Gasteiger partial charge in [0.25, 0.3) is 6.01 Å². The first-order valence-corrected chi connectivity index (χ1v) is 19.6. The summed E-state index contributed by atoms with van der Waals surface area (Å²) in [5.74, 6) is 0.755. The van der Waals surface area contributed by atoms with Crippen molar-refractivity contribution in [1.82, 2.24) is 29.6 Å². The zero-order chi connectivity index (χ0) is 40.6. The van der Waals surface area contributed by atoms with Crippen LogP contribution < -0.4 is 11.5 Å². The monoisotopic (exact) mass is 813 g/mol. The average molecular weight is 814 g/mol. The molecule has 21 nitrogen and oxygen atoms in total. The van der Waals surface area contributed by atoms with Gasteiger partial charge in [0.15, 0.2) is 11.2 Å². The van der Waals surface area contributed by atoms with E-state index in [1.165, 1.54) is 6.33 Å². The minimum absolute atomic E-state index is 0.0877. The summed E-state index contributed by atoms with van der Waals surface area (Å²) >= 11 is 0. The van der Waals surface area contributed by atoms with Gasteiger partial charge in [-0.1, -0.05) is 5.11 Å². The lowest BCUT2D eigenvalue weighted by atomic mass is 9.96. The molecule has 0 bridgehead atoms. The molecule has 1 aliphatic rings. The topological polar surface area (TPSA) is 265 Å². The summed E-state index contributed by atoms with van der Waals surface area (Å²) < 4.78 is 51.0. The second kappa shape index (κ2) is 25.6. The first kappa shape index (κ1) is 44.4. The highest BCUT2D eigenvalue weighted by molar-refractivity contribution is 5.99. The number of piperidine rings is 1. The number of nitrogen functional groups attached to an aromatic ring is 2. The number of benzene rings is 1. The summed E-state index contributed by atoms with van der Waals surface area (Å²) in [5.41, 5.74) is 23.6. The first-order valence-electron chi connectivity index (χ1n) is 19.6. The molecule has 1 aromatic carbocycles. The highest BCUT2D eigenvalue weighted by Crippen LogP contribution is 2.33. The Labute approximate surface area is 336 Å². The van der Waals surface area contributed by atoms with Gasteiger partial charge >= 0.3 is 0 Å². The zero-order valence-corrected chi connectivity index (χ0v) is 32.9. The molecule has 1 saturated heterocycles. The van der Waals surface area contributed by atoms with Crippen LogP contribution in [-0.4, -0.2) is 161 Å². The predicted molar refractivity (Wildman–Crippen MR) is 212 cm³/mol. The van der Waals surface area contributed by atoms with Crippen LogP contribution in [0.3, 0.4) is 0 Å². The first-order chi connectivity index (χ1) is 28.5. The molecule has 1 amide bonds. The molecule has 5 rings (SSSR count). The van der Waals surface area contributed by atoms with E-state index in [-0.39, 0.29) is 11.9 Å². The van der Waals surface area contributed by atoms with Gasteiger partial charge in [0.2, 0.25) is 5.91 Å². The summed E-state index contributed by atoms with van der Waals surface area (Å²) in [7, 11) is 0. The van der Waals surface area contributed by atoms with Gasteiger partial charge in [-0.25, -0.2) is 14.6 Å². The lowest BCUT2D eigenvalue weighted by Gasteiger charge is -2.32. The fourth-order valence-electron chi connectivity index (χ4n) is 6.17. The fourth-order valence-corrected chi connectivity index (χ4v) is 6.17. The summed E-state index contributed by atoms with van der Waals surface area (Å²) in [5, 5.41) is 8.98. The Morgan fingerprint density at radius 3 is 1.91 bits per heavy atom. The van der Waals surface area contributed by atoms with E-state index in [4.69, 9.17) is 64.4 Å². The SMILES string of the molecule is [N-]=[N+]=NCCOCCOCCOCCOCCOCCOCCOCCOCCC(=O)N1CCC(Cn2nc(-c3ccc4oc(N)nc4c3)c3c(N)ncnc32)CC1. The maximum Gasteiger partial charge on any atom is 0.292 e. The van der Waals surface area contributed by atoms with E-state index < -0.39 is 0 Å². The molecule has 0 radical (unpaired) electrons. The van der Waals surface area contributed by atoms with Gasteiger partial charge in [-0.15, -0.1) is 0 Å². The summed E-state index contributed by atoms with van der Waals surface area (Å²) in [6.45, 7) is 9.45. The molecule has 0 unspecified atom stereocenters. The number of nitrogens with two attached hydrogens (primary N) is 2. The summed E-state index contributed by atoms with van der Waals surface area (Å²) in [6.07, 6.45) is 3.47. The zero-order valence-electron chi connectivity index (χ0n) is 32.9. The molecule has 0 spiro atoms. The highest BCUT2D eigenvalue weighted by atomic mass is 16.6. The number of carbonyl (C=O) groups excluding carboxylic acids is 1. The number of hydrogen-bond acceptors (Lipinski definition) is 17. The standard InChI is InChI=1S/C37H55N11O10/c38-35-33-34(29-1-2-31-30(25-29)44-37(39)58-31)45-48(36(33)42-27-41-35)26-28-3-7-47(8-4-28)32(49)5-9-50-11-13-52-15-17-54-19-21-56-23-24-57-22-20-55-18-16-53-14-12-51-10-6-43-46-40/h1-2,25,27-28H,3-24,26H2,(H2,39,44)(H2,38,41,42). The molecule has 58 heavy (non-hydrogen) atoms. The van der Waals surface area contributed by atoms with Gasteiger partial charge < -0.3 is 58.7 Å². The smallest absolute Gasteiger partial charge is 0.292 e. The number of aromatic nitrogens is 5. The van der Waals surface area contributed by atoms with Crippen LogP contribution in [0.5, 0.6) is 0 Å². The van der Waals surface area contributed by atoms with E-state index in [0.717, 1.165) is 18.4 Å². The number of likely N-dealkylation sites (tertiary alicyclic amines) is 1. The molecule has 0 atom stereocenters. The van der Waals surface area contributed by atoms with Gasteiger partial charge in [-0.05, 0) is 42.5 Å². The Bertz CT molecular complexity index is 1850. The van der Waals surface area contributed by atoms with Crippen molar-refractivity contribution in [2.75, 3.05) is 137 Å². The molecule has 3 aromatic heterocycles. The van der Waals surface area contributed by atoms with E-state index in [1.54, 1.807) is 0 Å². The van der Waals surface area contributed by atoms with Crippen molar-refractivity contribution in [3.05, 3.63) is 35.0 Å². The van der Waals surface area contributed by atoms with E-state index in [1.807, 2.05) is 27.8 Å². The van der Waals surface area contributed by atoms with E-state index in [9.17, 15) is 4.79 Å². The van der Waals surface area contributed by atoms with Gasteiger partial charge in [-0.2, -0.15) is 10.1 Å². The average Bonchev–Trinajstić information content (AvgIpc) is 3.80. The number of nitrogens with zero attached hydrogens (tertiary/aromatic N) is 9. The molecule has 21 heteroatoms. The largest absolute Gasteiger partial charge is 0.424 e. The molecule has 0 saturated carbocycles. The normalized spacial score (nSPS) is 13.5. The van der Waals surface area contributed by atoms with E-state index >= 15 is 0 Å². The summed E-state index contributed by atoms with van der Waals surface area (Å²) in [6, 6.07) is 5.67. The lowest BCUT2D eigenvalue weighted by Crippen LogP contribution is -2.39. The number of azide groups is 1. The Kier molecular flexibility index (Phi) is 19.6. The third kappa shape index (κ3) is 14.9. The van der Waals surface area contributed by atoms with Crippen molar-refractivity contribution >= 4 is 39.9 Å². The Morgan fingerprint density at radius 1 is 0.793 bits per heavy atom. The molecule has 4 N–H and O–H groups in total. The Balaban J connectivity index is 0.817. The second-order valence-electron chi connectivity index (χ2n) is 13.2. The Hall–Kier alpha value is -4.70. The quantitative estimate of drug-likeness (QED) is 0.0332. The number of hydrogen-bond donors (Lipinski definition) is 2. The van der Waals surface area contributed by atoms with Crippen LogP contribution >= 0.6 is 0 Å². The van der Waals surface area contributed by atoms with Gasteiger partial charge in [0.1, 0.15) is 23.4 Å².